The van der Waals surface area contributed by atoms with Crippen molar-refractivity contribution in [2.24, 2.45) is 0 Å². The third kappa shape index (κ3) is 7.49. The second kappa shape index (κ2) is 13.5. The molecule has 0 aromatic heterocycles. The minimum atomic E-state index is -0.669. The molecule has 0 radical (unpaired) electrons. The van der Waals surface area contributed by atoms with Crippen LogP contribution in [0.3, 0.4) is 0 Å². The minimum absolute atomic E-state index is 0.0223. The monoisotopic (exact) mass is 504 g/mol. The summed E-state index contributed by atoms with van der Waals surface area (Å²) in [5, 5.41) is 0. The maximum atomic E-state index is 13.1. The zero-order chi connectivity index (χ0) is 26.0. The molecule has 196 valence electrons. The predicted octanol–water partition coefficient (Wildman–Crippen LogP) is 5.65. The summed E-state index contributed by atoms with van der Waals surface area (Å²) in [7, 11) is 1.58. The molecule has 1 aliphatic rings. The Kier molecular flexibility index (Phi) is 9.85. The summed E-state index contributed by atoms with van der Waals surface area (Å²) >= 11 is 0. The van der Waals surface area contributed by atoms with Crippen molar-refractivity contribution in [3.63, 3.8) is 0 Å². The fourth-order valence-electron chi connectivity index (χ4n) is 4.57. The second-order valence-corrected chi connectivity index (χ2v) is 9.44. The number of ether oxygens (including phenoxy) is 5. The van der Waals surface area contributed by atoms with Crippen molar-refractivity contribution in [3.05, 3.63) is 108 Å². The van der Waals surface area contributed by atoms with Gasteiger partial charge in [0.2, 0.25) is 0 Å². The summed E-state index contributed by atoms with van der Waals surface area (Å²) in [6.07, 6.45) is -2.72. The van der Waals surface area contributed by atoms with Gasteiger partial charge in [-0.05, 0) is 29.5 Å². The molecule has 4 rings (SSSR count). The SMILES string of the molecule is CO[C@H]1O[C@H](C)[C@@H](OC(=O)C[C@@H](C)c2ccccc2)[C@H](OCc2ccccc2)[C@H]1OCc1ccccc1. The molecule has 0 bridgehead atoms. The first-order chi connectivity index (χ1) is 18.0. The van der Waals surface area contributed by atoms with Crippen LogP contribution >= 0.6 is 0 Å². The van der Waals surface area contributed by atoms with E-state index in [1.165, 1.54) is 0 Å². The summed E-state index contributed by atoms with van der Waals surface area (Å²) < 4.78 is 30.5. The highest BCUT2D eigenvalue weighted by molar-refractivity contribution is 5.70. The van der Waals surface area contributed by atoms with Crippen LogP contribution in [0.5, 0.6) is 0 Å². The van der Waals surface area contributed by atoms with Crippen molar-refractivity contribution in [1.29, 1.82) is 0 Å². The van der Waals surface area contributed by atoms with E-state index >= 15 is 0 Å². The standard InChI is InChI=1S/C31H36O6/c1-22(26-17-11-6-12-18-26)19-27(32)37-28-23(2)36-31(33-3)30(35-21-25-15-9-5-10-16-25)29(28)34-20-24-13-7-4-8-14-24/h4-18,22-23,28-31H,19-21H2,1-3H3/t22-,23-,28-,29+,30-,31+/m1/s1. The Labute approximate surface area is 219 Å². The maximum absolute atomic E-state index is 13.1. The molecule has 37 heavy (non-hydrogen) atoms. The van der Waals surface area contributed by atoms with Gasteiger partial charge >= 0.3 is 5.97 Å². The first kappa shape index (κ1) is 27.0. The smallest absolute Gasteiger partial charge is 0.306 e. The van der Waals surface area contributed by atoms with E-state index in [9.17, 15) is 4.79 Å². The maximum Gasteiger partial charge on any atom is 0.306 e. The Bertz CT molecular complexity index is 1070. The van der Waals surface area contributed by atoms with Gasteiger partial charge in [-0.2, -0.15) is 0 Å². The lowest BCUT2D eigenvalue weighted by Gasteiger charge is -2.44. The van der Waals surface area contributed by atoms with Crippen LogP contribution < -0.4 is 0 Å². The molecule has 6 heteroatoms. The Morgan fingerprint density at radius 3 is 1.84 bits per heavy atom. The molecule has 0 N–H and O–H groups in total. The van der Waals surface area contributed by atoms with Crippen LogP contribution in [0.25, 0.3) is 0 Å². The number of hydrogen-bond acceptors (Lipinski definition) is 6. The van der Waals surface area contributed by atoms with Gasteiger partial charge < -0.3 is 23.7 Å². The quantitative estimate of drug-likeness (QED) is 0.314. The largest absolute Gasteiger partial charge is 0.457 e. The van der Waals surface area contributed by atoms with Gasteiger partial charge in [-0.1, -0.05) is 97.9 Å². The normalized spacial score (nSPS) is 24.4. The number of methoxy groups -OCH3 is 1. The molecule has 0 unspecified atom stereocenters. The number of benzene rings is 3. The lowest BCUT2D eigenvalue weighted by atomic mass is 9.97. The van der Waals surface area contributed by atoms with E-state index < -0.39 is 30.7 Å². The van der Waals surface area contributed by atoms with Crippen molar-refractivity contribution in [2.45, 2.75) is 70.1 Å². The topological polar surface area (TPSA) is 63.2 Å². The van der Waals surface area contributed by atoms with E-state index in [-0.39, 0.29) is 18.3 Å². The zero-order valence-electron chi connectivity index (χ0n) is 21.7. The van der Waals surface area contributed by atoms with Crippen LogP contribution in [0.4, 0.5) is 0 Å². The molecule has 0 spiro atoms. The molecule has 0 amide bonds. The molecule has 1 aliphatic heterocycles. The van der Waals surface area contributed by atoms with Gasteiger partial charge in [-0.25, -0.2) is 0 Å². The molecule has 1 heterocycles. The highest BCUT2D eigenvalue weighted by atomic mass is 16.7. The van der Waals surface area contributed by atoms with Crippen LogP contribution in [0.1, 0.15) is 42.9 Å². The van der Waals surface area contributed by atoms with E-state index in [1.54, 1.807) is 7.11 Å². The fourth-order valence-corrected chi connectivity index (χ4v) is 4.57. The van der Waals surface area contributed by atoms with Gasteiger partial charge in [0.15, 0.2) is 12.4 Å². The summed E-state index contributed by atoms with van der Waals surface area (Å²) in [6, 6.07) is 29.7. The lowest BCUT2D eigenvalue weighted by molar-refractivity contribution is -0.309. The van der Waals surface area contributed by atoms with E-state index in [2.05, 4.69) is 0 Å². The Hall–Kier alpha value is -3.03. The highest BCUT2D eigenvalue weighted by Gasteiger charge is 2.48. The number of hydrogen-bond donors (Lipinski definition) is 0. The number of carbonyl (C=O) groups is 1. The van der Waals surface area contributed by atoms with Crippen molar-refractivity contribution >= 4 is 5.97 Å². The molecular weight excluding hydrogens is 468 g/mol. The average molecular weight is 505 g/mol. The van der Waals surface area contributed by atoms with Gasteiger partial charge in [-0.15, -0.1) is 0 Å². The van der Waals surface area contributed by atoms with Gasteiger partial charge in [0.1, 0.15) is 12.2 Å². The molecule has 1 fully saturated rings. The molecule has 3 aromatic rings. The van der Waals surface area contributed by atoms with Crippen molar-refractivity contribution in [1.82, 2.24) is 0 Å². The summed E-state index contributed by atoms with van der Waals surface area (Å²) in [5.74, 6) is -0.281. The molecule has 6 atom stereocenters. The van der Waals surface area contributed by atoms with Gasteiger partial charge in [0, 0.05) is 7.11 Å². The summed E-state index contributed by atoms with van der Waals surface area (Å²) in [6.45, 7) is 4.58. The molecular formula is C31H36O6. The van der Waals surface area contributed by atoms with Crippen molar-refractivity contribution in [2.75, 3.05) is 7.11 Å². The third-order valence-electron chi connectivity index (χ3n) is 6.64. The molecule has 6 nitrogen and oxygen atoms in total. The average Bonchev–Trinajstić information content (AvgIpc) is 2.94. The second-order valence-electron chi connectivity index (χ2n) is 9.44. The fraction of sp³-hybridized carbons (Fsp3) is 0.387. The van der Waals surface area contributed by atoms with Crippen LogP contribution in [-0.4, -0.2) is 43.8 Å². The molecule has 3 aromatic carbocycles. The molecule has 1 saturated heterocycles. The van der Waals surface area contributed by atoms with E-state index in [1.807, 2.05) is 105 Å². The van der Waals surface area contributed by atoms with E-state index in [0.717, 1.165) is 16.7 Å². The van der Waals surface area contributed by atoms with Gasteiger partial charge in [0.05, 0.1) is 25.7 Å². The summed E-state index contributed by atoms with van der Waals surface area (Å²) in [5.41, 5.74) is 3.12. The lowest BCUT2D eigenvalue weighted by Crippen LogP contribution is -2.60. The van der Waals surface area contributed by atoms with E-state index in [4.69, 9.17) is 23.7 Å². The zero-order valence-corrected chi connectivity index (χ0v) is 21.7. The van der Waals surface area contributed by atoms with Crippen LogP contribution in [0.2, 0.25) is 0 Å². The molecule has 0 aliphatic carbocycles. The summed E-state index contributed by atoms with van der Waals surface area (Å²) in [4.78, 5) is 13.1. The number of carbonyl (C=O) groups excluding carboxylic acids is 1. The van der Waals surface area contributed by atoms with Crippen molar-refractivity contribution in [3.8, 4) is 0 Å². The first-order valence-electron chi connectivity index (χ1n) is 12.8. The predicted molar refractivity (Wildman–Crippen MR) is 141 cm³/mol. The van der Waals surface area contributed by atoms with Crippen LogP contribution in [0, 0.1) is 0 Å². The Balaban J connectivity index is 1.52. The molecule has 0 saturated carbocycles. The van der Waals surface area contributed by atoms with Crippen LogP contribution in [0.15, 0.2) is 91.0 Å². The van der Waals surface area contributed by atoms with Crippen molar-refractivity contribution < 1.29 is 28.5 Å². The highest BCUT2D eigenvalue weighted by Crippen LogP contribution is 2.31. The van der Waals surface area contributed by atoms with E-state index in [0.29, 0.717) is 13.2 Å². The van der Waals surface area contributed by atoms with Gasteiger partial charge in [-0.3, -0.25) is 4.79 Å². The van der Waals surface area contributed by atoms with Crippen LogP contribution in [-0.2, 0) is 41.7 Å². The minimum Gasteiger partial charge on any atom is -0.457 e. The number of esters is 1. The third-order valence-corrected chi connectivity index (χ3v) is 6.64. The number of rotatable bonds is 11. The van der Waals surface area contributed by atoms with Gasteiger partial charge in [0.25, 0.3) is 0 Å². The first-order valence-corrected chi connectivity index (χ1v) is 12.8. The Morgan fingerprint density at radius 1 is 0.784 bits per heavy atom. The Morgan fingerprint density at radius 2 is 1.30 bits per heavy atom.